The summed E-state index contributed by atoms with van der Waals surface area (Å²) < 4.78 is 32.2. The molecule has 3 rings (SSSR count). The highest BCUT2D eigenvalue weighted by Gasteiger charge is 2.33. The lowest BCUT2D eigenvalue weighted by Gasteiger charge is -2.17. The van der Waals surface area contributed by atoms with Crippen LogP contribution in [0.1, 0.15) is 6.42 Å². The molecule has 1 atom stereocenters. The Balaban J connectivity index is 1.70. The normalized spacial score (nSPS) is 19.2. The van der Waals surface area contributed by atoms with Gasteiger partial charge in [-0.2, -0.15) is 9.40 Å². The Bertz CT molecular complexity index is 738. The van der Waals surface area contributed by atoms with Crippen molar-refractivity contribution in [3.05, 3.63) is 47.6 Å². The van der Waals surface area contributed by atoms with Crippen LogP contribution in [0, 0.1) is 0 Å². The molecule has 0 aliphatic carbocycles. The molecule has 0 saturated carbocycles. The second kappa shape index (κ2) is 6.20. The third-order valence-electron chi connectivity index (χ3n) is 3.39. The maximum atomic E-state index is 12.5. The summed E-state index contributed by atoms with van der Waals surface area (Å²) in [5.74, 6) is 0.401. The van der Waals surface area contributed by atoms with Gasteiger partial charge in [0.25, 0.3) is 0 Å². The summed E-state index contributed by atoms with van der Waals surface area (Å²) in [7, 11) is -3.52. The van der Waals surface area contributed by atoms with Gasteiger partial charge < -0.3 is 4.74 Å². The van der Waals surface area contributed by atoms with Crippen LogP contribution < -0.4 is 4.74 Å². The predicted molar refractivity (Wildman–Crippen MR) is 81.3 cm³/mol. The zero-order chi connectivity index (χ0) is 15.6. The molecule has 1 aliphatic rings. The Morgan fingerprint density at radius 2 is 2.00 bits per heavy atom. The van der Waals surface area contributed by atoms with E-state index in [9.17, 15) is 8.42 Å². The first kappa shape index (κ1) is 15.2. The molecule has 116 valence electrons. The third-order valence-corrected chi connectivity index (χ3v) is 5.53. The van der Waals surface area contributed by atoms with Crippen LogP contribution >= 0.6 is 11.6 Å². The number of sulfonamides is 1. The second-order valence-corrected chi connectivity index (χ2v) is 7.28. The molecular formula is C14H14ClN3O3S. The van der Waals surface area contributed by atoms with Gasteiger partial charge in [-0.3, -0.25) is 0 Å². The molecule has 2 heterocycles. The summed E-state index contributed by atoms with van der Waals surface area (Å²) in [6.07, 6.45) is 1.95. The Morgan fingerprint density at radius 1 is 1.23 bits per heavy atom. The van der Waals surface area contributed by atoms with Crippen molar-refractivity contribution in [3.8, 4) is 5.88 Å². The summed E-state index contributed by atoms with van der Waals surface area (Å²) in [6, 6.07) is 9.57. The summed E-state index contributed by atoms with van der Waals surface area (Å²) in [4.78, 5) is 0.233. The SMILES string of the molecule is O=S(=O)(c1ccc(Cl)cc1)N1CCC(Oc2cccnn2)C1. The fraction of sp³-hybridized carbons (Fsp3) is 0.286. The van der Waals surface area contributed by atoms with Crippen molar-refractivity contribution in [2.75, 3.05) is 13.1 Å². The molecule has 0 amide bonds. The maximum Gasteiger partial charge on any atom is 0.243 e. The number of aromatic nitrogens is 2. The van der Waals surface area contributed by atoms with E-state index in [1.54, 1.807) is 30.5 Å². The van der Waals surface area contributed by atoms with Crippen LogP contribution in [0.3, 0.4) is 0 Å². The van der Waals surface area contributed by atoms with E-state index in [-0.39, 0.29) is 11.0 Å². The molecule has 1 fully saturated rings. The van der Waals surface area contributed by atoms with Gasteiger partial charge in [0.05, 0.1) is 11.4 Å². The zero-order valence-electron chi connectivity index (χ0n) is 11.6. The van der Waals surface area contributed by atoms with Crippen molar-refractivity contribution in [1.29, 1.82) is 0 Å². The van der Waals surface area contributed by atoms with Crippen molar-refractivity contribution in [2.24, 2.45) is 0 Å². The standard InChI is InChI=1S/C14H14ClN3O3S/c15-11-3-5-13(6-4-11)22(19,20)18-9-7-12(10-18)21-14-2-1-8-16-17-14/h1-6,8,12H,7,9-10H2. The molecule has 1 saturated heterocycles. The molecular weight excluding hydrogens is 326 g/mol. The predicted octanol–water partition coefficient (Wildman–Crippen LogP) is 1.97. The smallest absolute Gasteiger partial charge is 0.243 e. The molecule has 6 nitrogen and oxygen atoms in total. The van der Waals surface area contributed by atoms with Gasteiger partial charge in [-0.15, -0.1) is 5.10 Å². The minimum Gasteiger partial charge on any atom is -0.472 e. The summed E-state index contributed by atoms with van der Waals surface area (Å²) in [6.45, 7) is 0.706. The number of nitrogens with zero attached hydrogens (tertiary/aromatic N) is 3. The fourth-order valence-electron chi connectivity index (χ4n) is 2.29. The second-order valence-electron chi connectivity index (χ2n) is 4.91. The van der Waals surface area contributed by atoms with Gasteiger partial charge in [-0.1, -0.05) is 11.6 Å². The van der Waals surface area contributed by atoms with Gasteiger partial charge in [0.1, 0.15) is 6.10 Å². The number of halogens is 1. The van der Waals surface area contributed by atoms with Crippen LogP contribution in [0.5, 0.6) is 5.88 Å². The Labute approximate surface area is 133 Å². The van der Waals surface area contributed by atoms with E-state index in [0.717, 1.165) is 0 Å². The van der Waals surface area contributed by atoms with Crippen LogP contribution in [0.15, 0.2) is 47.5 Å². The maximum absolute atomic E-state index is 12.5. The van der Waals surface area contributed by atoms with Gasteiger partial charge in [0, 0.05) is 23.8 Å². The van der Waals surface area contributed by atoms with Crippen LogP contribution in [-0.2, 0) is 10.0 Å². The van der Waals surface area contributed by atoms with E-state index in [4.69, 9.17) is 16.3 Å². The lowest BCUT2D eigenvalue weighted by atomic mass is 10.3. The number of benzene rings is 1. The zero-order valence-corrected chi connectivity index (χ0v) is 13.2. The highest BCUT2D eigenvalue weighted by molar-refractivity contribution is 7.89. The van der Waals surface area contributed by atoms with E-state index < -0.39 is 10.0 Å². The van der Waals surface area contributed by atoms with Crippen molar-refractivity contribution >= 4 is 21.6 Å². The summed E-state index contributed by atoms with van der Waals surface area (Å²) in [5.41, 5.74) is 0. The fourth-order valence-corrected chi connectivity index (χ4v) is 3.90. The largest absolute Gasteiger partial charge is 0.472 e. The molecule has 0 spiro atoms. The van der Waals surface area contributed by atoms with Crippen LogP contribution in [0.4, 0.5) is 0 Å². The minimum absolute atomic E-state index is 0.223. The highest BCUT2D eigenvalue weighted by atomic mass is 35.5. The molecule has 8 heteroatoms. The molecule has 1 aromatic heterocycles. The van der Waals surface area contributed by atoms with Crippen molar-refractivity contribution in [1.82, 2.24) is 14.5 Å². The Morgan fingerprint density at radius 3 is 2.68 bits per heavy atom. The van der Waals surface area contributed by atoms with E-state index in [1.807, 2.05) is 0 Å². The number of hydrogen-bond acceptors (Lipinski definition) is 5. The first-order valence-electron chi connectivity index (χ1n) is 6.76. The van der Waals surface area contributed by atoms with Gasteiger partial charge >= 0.3 is 0 Å². The molecule has 1 aromatic carbocycles. The first-order chi connectivity index (χ1) is 10.6. The first-order valence-corrected chi connectivity index (χ1v) is 8.57. The summed E-state index contributed by atoms with van der Waals surface area (Å²) >= 11 is 5.79. The van der Waals surface area contributed by atoms with E-state index >= 15 is 0 Å². The summed E-state index contributed by atoms with van der Waals surface area (Å²) in [5, 5.41) is 8.08. The Kier molecular flexibility index (Phi) is 4.28. The molecule has 0 radical (unpaired) electrons. The van der Waals surface area contributed by atoms with Crippen molar-refractivity contribution in [2.45, 2.75) is 17.4 Å². The molecule has 0 bridgehead atoms. The van der Waals surface area contributed by atoms with Crippen molar-refractivity contribution < 1.29 is 13.2 Å². The average molecular weight is 340 g/mol. The third kappa shape index (κ3) is 3.21. The van der Waals surface area contributed by atoms with Crippen LogP contribution in [0.2, 0.25) is 5.02 Å². The topological polar surface area (TPSA) is 72.4 Å². The van der Waals surface area contributed by atoms with Crippen LogP contribution in [-0.4, -0.2) is 42.1 Å². The number of rotatable bonds is 4. The number of hydrogen-bond donors (Lipinski definition) is 0. The monoisotopic (exact) mass is 339 g/mol. The number of ether oxygens (including phenoxy) is 1. The Hall–Kier alpha value is -1.70. The molecule has 1 unspecified atom stereocenters. The van der Waals surface area contributed by atoms with Crippen LogP contribution in [0.25, 0.3) is 0 Å². The minimum atomic E-state index is -3.52. The quantitative estimate of drug-likeness (QED) is 0.851. The molecule has 2 aromatic rings. The molecule has 22 heavy (non-hydrogen) atoms. The highest BCUT2D eigenvalue weighted by Crippen LogP contribution is 2.24. The van der Waals surface area contributed by atoms with Gasteiger partial charge in [-0.25, -0.2) is 8.42 Å². The van der Waals surface area contributed by atoms with E-state index in [2.05, 4.69) is 10.2 Å². The molecule has 1 aliphatic heterocycles. The van der Waals surface area contributed by atoms with E-state index in [1.165, 1.54) is 16.4 Å². The lowest BCUT2D eigenvalue weighted by Crippen LogP contribution is -2.31. The average Bonchev–Trinajstić information content (AvgIpc) is 2.98. The lowest BCUT2D eigenvalue weighted by molar-refractivity contribution is 0.204. The van der Waals surface area contributed by atoms with Gasteiger partial charge in [0.15, 0.2) is 0 Å². The van der Waals surface area contributed by atoms with Crippen molar-refractivity contribution in [3.63, 3.8) is 0 Å². The molecule has 0 N–H and O–H groups in total. The van der Waals surface area contributed by atoms with E-state index in [0.29, 0.717) is 30.4 Å². The van der Waals surface area contributed by atoms with Gasteiger partial charge in [0.2, 0.25) is 15.9 Å². The van der Waals surface area contributed by atoms with Gasteiger partial charge in [-0.05, 0) is 36.8 Å².